The molecule has 1 spiro atoms. The molecule has 56 heavy (non-hydrogen) atoms. The van der Waals surface area contributed by atoms with Gasteiger partial charge in [-0.15, -0.1) is 0 Å². The van der Waals surface area contributed by atoms with Gasteiger partial charge in [-0.2, -0.15) is 0 Å². The van der Waals surface area contributed by atoms with Crippen LogP contribution in [0.25, 0.3) is 44.5 Å². The second-order valence-corrected chi connectivity index (χ2v) is 18.5. The minimum absolute atomic E-state index is 0.0990. The van der Waals surface area contributed by atoms with Gasteiger partial charge in [0, 0.05) is 27.6 Å². The van der Waals surface area contributed by atoms with Crippen molar-refractivity contribution in [1.29, 1.82) is 0 Å². The summed E-state index contributed by atoms with van der Waals surface area (Å²) < 4.78 is 0. The van der Waals surface area contributed by atoms with Crippen LogP contribution in [-0.4, -0.2) is 0 Å². The molecule has 0 aromatic heterocycles. The van der Waals surface area contributed by atoms with E-state index < -0.39 is 0 Å². The number of benzene rings is 7. The molecule has 3 atom stereocenters. The Hall–Kier alpha value is -5.66. The van der Waals surface area contributed by atoms with Crippen LogP contribution in [0.5, 0.6) is 0 Å². The van der Waals surface area contributed by atoms with Crippen molar-refractivity contribution in [3.8, 4) is 44.5 Å². The van der Waals surface area contributed by atoms with E-state index in [4.69, 9.17) is 0 Å². The molecule has 0 heterocycles. The highest BCUT2D eigenvalue weighted by molar-refractivity contribution is 5.94. The SMILES string of the molecule is CC1(C)c2ccccc2-c2cccc(-c3cccc(N(c4ccc5c(c4)C4(CC6CCC4C6)c4ccccc4-5)c4cccc5c4C(C)(C)c4ccccc4-5)c3)c21. The molecule has 2 bridgehead atoms. The third kappa shape index (κ3) is 4.11. The monoisotopic (exact) mass is 721 g/mol. The Kier molecular flexibility index (Phi) is 6.53. The summed E-state index contributed by atoms with van der Waals surface area (Å²) in [5.41, 5.74) is 23.3. The molecule has 0 N–H and O–H groups in total. The molecule has 3 unspecified atom stereocenters. The third-order valence-corrected chi connectivity index (χ3v) is 15.1. The molecule has 272 valence electrons. The van der Waals surface area contributed by atoms with Gasteiger partial charge in [0.1, 0.15) is 0 Å². The average Bonchev–Trinajstić information content (AvgIpc) is 4.02. The van der Waals surface area contributed by atoms with Gasteiger partial charge in [0.2, 0.25) is 0 Å². The molecular weight excluding hydrogens is 675 g/mol. The molecule has 0 radical (unpaired) electrons. The lowest BCUT2D eigenvalue weighted by Crippen LogP contribution is -2.32. The Morgan fingerprint density at radius 1 is 0.446 bits per heavy atom. The number of rotatable bonds is 4. The fraction of sp³-hybridized carbons (Fsp3) is 0.236. The Morgan fingerprint density at radius 2 is 1.00 bits per heavy atom. The van der Waals surface area contributed by atoms with Crippen molar-refractivity contribution >= 4 is 17.1 Å². The summed E-state index contributed by atoms with van der Waals surface area (Å²) in [6.45, 7) is 9.65. The molecule has 12 rings (SSSR count). The van der Waals surface area contributed by atoms with Crippen LogP contribution in [0.4, 0.5) is 17.1 Å². The highest BCUT2D eigenvalue weighted by Gasteiger charge is 2.57. The molecule has 1 nitrogen and oxygen atoms in total. The van der Waals surface area contributed by atoms with E-state index in [2.05, 4.69) is 184 Å². The van der Waals surface area contributed by atoms with Gasteiger partial charge < -0.3 is 4.90 Å². The Morgan fingerprint density at radius 3 is 1.70 bits per heavy atom. The molecule has 0 amide bonds. The van der Waals surface area contributed by atoms with E-state index in [1.807, 2.05) is 0 Å². The summed E-state index contributed by atoms with van der Waals surface area (Å²) in [7, 11) is 0. The first-order chi connectivity index (χ1) is 27.3. The number of hydrogen-bond donors (Lipinski definition) is 0. The molecule has 5 aliphatic carbocycles. The summed E-state index contributed by atoms with van der Waals surface area (Å²) in [6.07, 6.45) is 5.37. The second kappa shape index (κ2) is 11.2. The van der Waals surface area contributed by atoms with Gasteiger partial charge >= 0.3 is 0 Å². The summed E-state index contributed by atoms with van der Waals surface area (Å²) in [4.78, 5) is 2.61. The van der Waals surface area contributed by atoms with Crippen molar-refractivity contribution in [1.82, 2.24) is 0 Å². The van der Waals surface area contributed by atoms with Gasteiger partial charge in [0.15, 0.2) is 0 Å². The van der Waals surface area contributed by atoms with Crippen LogP contribution in [0.1, 0.15) is 86.8 Å². The molecule has 2 fully saturated rings. The fourth-order valence-electron chi connectivity index (χ4n) is 12.9. The quantitative estimate of drug-likeness (QED) is 0.175. The molecule has 0 saturated heterocycles. The lowest BCUT2D eigenvalue weighted by molar-refractivity contribution is 0.327. The second-order valence-electron chi connectivity index (χ2n) is 18.5. The molecule has 2 saturated carbocycles. The Balaban J connectivity index is 1.09. The maximum absolute atomic E-state index is 2.62. The first kappa shape index (κ1) is 32.6. The van der Waals surface area contributed by atoms with Crippen LogP contribution >= 0.6 is 0 Å². The van der Waals surface area contributed by atoms with Crippen molar-refractivity contribution in [3.63, 3.8) is 0 Å². The Labute approximate surface area is 331 Å². The summed E-state index contributed by atoms with van der Waals surface area (Å²) >= 11 is 0. The van der Waals surface area contributed by atoms with Gasteiger partial charge in [-0.05, 0) is 139 Å². The third-order valence-electron chi connectivity index (χ3n) is 15.1. The lowest BCUT2D eigenvalue weighted by Gasteiger charge is -2.37. The highest BCUT2D eigenvalue weighted by Crippen LogP contribution is 2.66. The summed E-state index contributed by atoms with van der Waals surface area (Å²) in [6, 6.07) is 58.3. The van der Waals surface area contributed by atoms with Crippen LogP contribution in [0, 0.1) is 11.8 Å². The van der Waals surface area contributed by atoms with Crippen molar-refractivity contribution in [2.45, 2.75) is 69.6 Å². The zero-order valence-electron chi connectivity index (χ0n) is 32.9. The van der Waals surface area contributed by atoms with E-state index >= 15 is 0 Å². The Bertz CT molecular complexity index is 2800. The first-order valence-corrected chi connectivity index (χ1v) is 20.9. The minimum Gasteiger partial charge on any atom is -0.310 e. The molecule has 1 heteroatoms. The van der Waals surface area contributed by atoms with Gasteiger partial charge in [0.25, 0.3) is 0 Å². The van der Waals surface area contributed by atoms with E-state index in [9.17, 15) is 0 Å². The molecule has 0 aliphatic heterocycles. The van der Waals surface area contributed by atoms with Crippen LogP contribution < -0.4 is 4.90 Å². The zero-order valence-corrected chi connectivity index (χ0v) is 32.9. The van der Waals surface area contributed by atoms with E-state index in [0.29, 0.717) is 5.92 Å². The zero-order chi connectivity index (χ0) is 37.6. The maximum Gasteiger partial charge on any atom is 0.0508 e. The predicted octanol–water partition coefficient (Wildman–Crippen LogP) is 14.5. The van der Waals surface area contributed by atoms with Crippen molar-refractivity contribution in [2.75, 3.05) is 4.90 Å². The maximum atomic E-state index is 2.62. The smallest absolute Gasteiger partial charge is 0.0508 e. The average molecular weight is 722 g/mol. The van der Waals surface area contributed by atoms with E-state index in [1.165, 1.54) is 110 Å². The van der Waals surface area contributed by atoms with Gasteiger partial charge in [-0.25, -0.2) is 0 Å². The largest absolute Gasteiger partial charge is 0.310 e. The number of anilines is 3. The van der Waals surface area contributed by atoms with Crippen molar-refractivity contribution in [3.05, 3.63) is 185 Å². The highest BCUT2D eigenvalue weighted by atomic mass is 15.1. The van der Waals surface area contributed by atoms with E-state index in [-0.39, 0.29) is 16.2 Å². The fourth-order valence-corrected chi connectivity index (χ4v) is 12.9. The van der Waals surface area contributed by atoms with Crippen LogP contribution in [0.2, 0.25) is 0 Å². The molecule has 7 aromatic carbocycles. The standard InChI is InChI=1S/C55H47N/c1-53(2)46-22-8-5-17-41(46)44-20-12-19-39(51(44)53)35-14-11-15-37(31-35)56(50-25-13-21-45-42-18-6-9-23-47(42)54(3,4)52(45)50)38-28-29-43-40-16-7-10-24-48(40)55(49(43)32-38)33-34-26-27-36(55)30-34/h5-25,28-29,31-32,34,36H,26-27,30,33H2,1-4H3. The number of fused-ring (bicyclic) bond motifs is 14. The first-order valence-electron chi connectivity index (χ1n) is 20.9. The van der Waals surface area contributed by atoms with Crippen LogP contribution in [0.15, 0.2) is 152 Å². The van der Waals surface area contributed by atoms with Crippen LogP contribution in [-0.2, 0) is 16.2 Å². The molecular formula is C55H47N. The predicted molar refractivity (Wildman–Crippen MR) is 233 cm³/mol. The molecule has 7 aromatic rings. The lowest BCUT2D eigenvalue weighted by atomic mass is 9.67. The molecule has 5 aliphatic rings. The normalized spacial score (nSPS) is 22.0. The van der Waals surface area contributed by atoms with Crippen LogP contribution in [0.3, 0.4) is 0 Å². The minimum atomic E-state index is -0.159. The van der Waals surface area contributed by atoms with E-state index in [0.717, 1.165) is 5.92 Å². The number of hydrogen-bond acceptors (Lipinski definition) is 1. The van der Waals surface area contributed by atoms with Gasteiger partial charge in [-0.3, -0.25) is 0 Å². The van der Waals surface area contributed by atoms with Gasteiger partial charge in [0.05, 0.1) is 5.69 Å². The van der Waals surface area contributed by atoms with Gasteiger partial charge in [-0.1, -0.05) is 155 Å². The number of nitrogens with zero attached hydrogens (tertiary/aromatic N) is 1. The van der Waals surface area contributed by atoms with Crippen molar-refractivity contribution in [2.24, 2.45) is 11.8 Å². The van der Waals surface area contributed by atoms with Crippen molar-refractivity contribution < 1.29 is 0 Å². The summed E-state index contributed by atoms with van der Waals surface area (Å²) in [5.74, 6) is 1.54. The van der Waals surface area contributed by atoms with E-state index in [1.54, 1.807) is 11.1 Å². The summed E-state index contributed by atoms with van der Waals surface area (Å²) in [5, 5.41) is 0. The topological polar surface area (TPSA) is 3.24 Å².